The number of nitrogens with zero attached hydrogens (tertiary/aromatic N) is 5. The van der Waals surface area contributed by atoms with Gasteiger partial charge in [0.1, 0.15) is 11.6 Å². The number of hydrogen-bond donors (Lipinski definition) is 2. The molecule has 172 valence electrons. The fourth-order valence-electron chi connectivity index (χ4n) is 4.32. The Morgan fingerprint density at radius 1 is 1.03 bits per heavy atom. The van der Waals surface area contributed by atoms with E-state index in [1.807, 2.05) is 0 Å². The molecule has 31 heavy (non-hydrogen) atoms. The summed E-state index contributed by atoms with van der Waals surface area (Å²) in [6, 6.07) is 2.60. The molecule has 0 amide bonds. The standard InChI is InChI=1S/C21H35N7O2S/c1-17-4-2-3-6-28(17)19-16-18(27-10-14-30-15-11-27)23-20(24-19)25-21(31)22-5-7-26-8-12-29-13-9-26/h16-17H,2-15H2,1H3,(H2,22,23,24,25,31). The van der Waals surface area contributed by atoms with Crippen molar-refractivity contribution in [3.63, 3.8) is 0 Å². The third-order valence-electron chi connectivity index (χ3n) is 6.17. The van der Waals surface area contributed by atoms with E-state index in [-0.39, 0.29) is 0 Å². The van der Waals surface area contributed by atoms with Crippen LogP contribution in [0.3, 0.4) is 0 Å². The van der Waals surface area contributed by atoms with E-state index in [1.54, 1.807) is 0 Å². The van der Waals surface area contributed by atoms with Crippen molar-refractivity contribution in [2.45, 2.75) is 32.2 Å². The van der Waals surface area contributed by atoms with Gasteiger partial charge in [-0.15, -0.1) is 0 Å². The number of rotatable bonds is 6. The van der Waals surface area contributed by atoms with Crippen LogP contribution < -0.4 is 20.4 Å². The highest BCUT2D eigenvalue weighted by molar-refractivity contribution is 7.80. The summed E-state index contributed by atoms with van der Waals surface area (Å²) in [5, 5.41) is 7.08. The molecule has 0 aromatic carbocycles. The van der Waals surface area contributed by atoms with Crippen molar-refractivity contribution in [1.29, 1.82) is 0 Å². The SMILES string of the molecule is CC1CCCCN1c1cc(N2CCOCC2)nc(NC(=S)NCCN2CCOCC2)n1. The molecule has 2 N–H and O–H groups in total. The van der Waals surface area contributed by atoms with E-state index in [2.05, 4.69) is 38.3 Å². The molecule has 9 nitrogen and oxygen atoms in total. The lowest BCUT2D eigenvalue weighted by atomic mass is 10.0. The van der Waals surface area contributed by atoms with Gasteiger partial charge in [0.15, 0.2) is 5.11 Å². The van der Waals surface area contributed by atoms with E-state index in [1.165, 1.54) is 19.3 Å². The van der Waals surface area contributed by atoms with E-state index in [0.29, 0.717) is 17.1 Å². The largest absolute Gasteiger partial charge is 0.379 e. The van der Waals surface area contributed by atoms with Crippen LogP contribution in [0.25, 0.3) is 0 Å². The minimum absolute atomic E-state index is 0.479. The van der Waals surface area contributed by atoms with Gasteiger partial charge in [-0.1, -0.05) is 0 Å². The van der Waals surface area contributed by atoms with Crippen molar-refractivity contribution >= 4 is 34.9 Å². The molecule has 4 heterocycles. The Hall–Kier alpha value is -1.75. The topological polar surface area (TPSA) is 78.0 Å². The van der Waals surface area contributed by atoms with Crippen LogP contribution in [0.2, 0.25) is 0 Å². The van der Waals surface area contributed by atoms with Crippen molar-refractivity contribution in [1.82, 2.24) is 20.2 Å². The first kappa shape index (κ1) is 22.4. The van der Waals surface area contributed by atoms with Crippen LogP contribution in [0, 0.1) is 0 Å². The van der Waals surface area contributed by atoms with Crippen LogP contribution in [0.5, 0.6) is 0 Å². The summed E-state index contributed by atoms with van der Waals surface area (Å²) in [5.41, 5.74) is 0. The van der Waals surface area contributed by atoms with Crippen LogP contribution in [0.1, 0.15) is 26.2 Å². The van der Waals surface area contributed by atoms with Crippen molar-refractivity contribution < 1.29 is 9.47 Å². The summed E-state index contributed by atoms with van der Waals surface area (Å²) < 4.78 is 10.9. The van der Waals surface area contributed by atoms with Crippen molar-refractivity contribution in [3.05, 3.63) is 6.07 Å². The molecular formula is C21H35N7O2S. The molecule has 1 unspecified atom stereocenters. The Morgan fingerprint density at radius 2 is 1.74 bits per heavy atom. The molecule has 1 aromatic rings. The number of ether oxygens (including phenoxy) is 2. The molecule has 3 aliphatic rings. The quantitative estimate of drug-likeness (QED) is 0.621. The fourth-order valence-corrected chi connectivity index (χ4v) is 4.51. The first-order valence-corrected chi connectivity index (χ1v) is 11.9. The molecular weight excluding hydrogens is 414 g/mol. The number of nitrogens with one attached hydrogen (secondary N) is 2. The zero-order valence-corrected chi connectivity index (χ0v) is 19.3. The average Bonchev–Trinajstić information content (AvgIpc) is 2.80. The third-order valence-corrected chi connectivity index (χ3v) is 6.42. The summed E-state index contributed by atoms with van der Waals surface area (Å²) >= 11 is 5.53. The van der Waals surface area contributed by atoms with E-state index in [9.17, 15) is 0 Å². The van der Waals surface area contributed by atoms with E-state index >= 15 is 0 Å². The summed E-state index contributed by atoms with van der Waals surface area (Å²) in [5.74, 6) is 2.47. The normalized spacial score (nSPS) is 22.9. The molecule has 3 fully saturated rings. The van der Waals surface area contributed by atoms with Gasteiger partial charge in [0.25, 0.3) is 0 Å². The highest BCUT2D eigenvalue weighted by atomic mass is 32.1. The van der Waals surface area contributed by atoms with Crippen molar-refractivity contribution in [3.8, 4) is 0 Å². The number of hydrogen-bond acceptors (Lipinski definition) is 8. The van der Waals surface area contributed by atoms with Crippen LogP contribution >= 0.6 is 12.2 Å². The Balaban J connectivity index is 1.42. The first-order chi connectivity index (χ1) is 15.2. The van der Waals surface area contributed by atoms with Crippen LogP contribution in [-0.4, -0.2) is 98.3 Å². The van der Waals surface area contributed by atoms with Crippen molar-refractivity contribution in [2.24, 2.45) is 0 Å². The Morgan fingerprint density at radius 3 is 2.48 bits per heavy atom. The van der Waals surface area contributed by atoms with Crippen LogP contribution in [0.15, 0.2) is 6.07 Å². The smallest absolute Gasteiger partial charge is 0.232 e. The summed E-state index contributed by atoms with van der Waals surface area (Å²) in [7, 11) is 0. The van der Waals surface area contributed by atoms with E-state index in [0.717, 1.165) is 83.9 Å². The molecule has 10 heteroatoms. The van der Waals surface area contributed by atoms with Gasteiger partial charge < -0.3 is 29.9 Å². The Bertz CT molecular complexity index is 726. The van der Waals surface area contributed by atoms with E-state index < -0.39 is 0 Å². The number of anilines is 3. The molecule has 0 radical (unpaired) electrons. The predicted molar refractivity (Wildman–Crippen MR) is 127 cm³/mol. The summed E-state index contributed by atoms with van der Waals surface area (Å²) in [6.45, 7) is 11.7. The fraction of sp³-hybridized carbons (Fsp3) is 0.762. The predicted octanol–water partition coefficient (Wildman–Crippen LogP) is 1.31. The second kappa shape index (κ2) is 11.2. The molecule has 1 aromatic heterocycles. The number of piperidine rings is 1. The van der Waals surface area contributed by atoms with Crippen LogP contribution in [-0.2, 0) is 9.47 Å². The molecule has 3 saturated heterocycles. The lowest BCUT2D eigenvalue weighted by Gasteiger charge is -2.35. The first-order valence-electron chi connectivity index (χ1n) is 11.5. The maximum Gasteiger partial charge on any atom is 0.232 e. The van der Waals surface area contributed by atoms with Gasteiger partial charge >= 0.3 is 0 Å². The van der Waals surface area contributed by atoms with Crippen LogP contribution in [0.4, 0.5) is 17.6 Å². The van der Waals surface area contributed by atoms with Crippen molar-refractivity contribution in [2.75, 3.05) is 87.4 Å². The molecule has 0 spiro atoms. The maximum absolute atomic E-state index is 5.53. The van der Waals surface area contributed by atoms with Gasteiger partial charge in [-0.2, -0.15) is 9.97 Å². The molecule has 0 saturated carbocycles. The summed E-state index contributed by atoms with van der Waals surface area (Å²) in [4.78, 5) is 16.7. The van der Waals surface area contributed by atoms with Gasteiger partial charge in [-0.25, -0.2) is 0 Å². The molecule has 3 aliphatic heterocycles. The second-order valence-corrected chi connectivity index (χ2v) is 8.79. The van der Waals surface area contributed by atoms with Gasteiger partial charge in [-0.3, -0.25) is 4.90 Å². The highest BCUT2D eigenvalue weighted by Gasteiger charge is 2.23. The number of aromatic nitrogens is 2. The second-order valence-electron chi connectivity index (χ2n) is 8.38. The summed E-state index contributed by atoms with van der Waals surface area (Å²) in [6.07, 6.45) is 3.67. The maximum atomic E-state index is 5.53. The Labute approximate surface area is 190 Å². The molecule has 0 bridgehead atoms. The highest BCUT2D eigenvalue weighted by Crippen LogP contribution is 2.27. The molecule has 0 aliphatic carbocycles. The zero-order chi connectivity index (χ0) is 21.5. The molecule has 1 atom stereocenters. The average molecular weight is 450 g/mol. The zero-order valence-electron chi connectivity index (χ0n) is 18.5. The number of thiocarbonyl (C=S) groups is 1. The van der Waals surface area contributed by atoms with Gasteiger partial charge in [-0.05, 0) is 38.4 Å². The lowest BCUT2D eigenvalue weighted by molar-refractivity contribution is 0.0389. The molecule has 4 rings (SSSR count). The minimum Gasteiger partial charge on any atom is -0.379 e. The monoisotopic (exact) mass is 449 g/mol. The van der Waals surface area contributed by atoms with Gasteiger partial charge in [0.2, 0.25) is 5.95 Å². The lowest BCUT2D eigenvalue weighted by Crippen LogP contribution is -2.42. The minimum atomic E-state index is 0.479. The van der Waals surface area contributed by atoms with Gasteiger partial charge in [0.05, 0.1) is 26.4 Å². The Kier molecular flexibility index (Phi) is 8.12. The van der Waals surface area contributed by atoms with Gasteiger partial charge in [0, 0.05) is 57.9 Å². The third kappa shape index (κ3) is 6.38. The number of morpholine rings is 2. The van der Waals surface area contributed by atoms with E-state index in [4.69, 9.17) is 31.7 Å².